The molecule has 3 aliphatic rings. The number of nitrogens with two attached hydrogens (primary N) is 2. The molecular weight excluding hydrogens is 430 g/mol. The number of hydrogen-bond donors (Lipinski definition) is 2. The van der Waals surface area contributed by atoms with E-state index in [1.165, 1.54) is 0 Å². The minimum Gasteiger partial charge on any atom is -0.460 e. The monoisotopic (exact) mass is 457 g/mol. The Bertz CT molecular complexity index is 1170. The Hall–Kier alpha value is -3.03. The molecule has 4 N–H and O–H groups in total. The Morgan fingerprint density at radius 1 is 1.09 bits per heavy atom. The van der Waals surface area contributed by atoms with Gasteiger partial charge in [0.15, 0.2) is 29.0 Å². The van der Waals surface area contributed by atoms with Crippen LogP contribution in [0.1, 0.15) is 45.8 Å². The second kappa shape index (κ2) is 7.50. The zero-order chi connectivity index (χ0) is 22.7. The summed E-state index contributed by atoms with van der Waals surface area (Å²) < 4.78 is 28.3. The van der Waals surface area contributed by atoms with Crippen molar-refractivity contribution in [2.24, 2.45) is 0 Å². The molecule has 6 rings (SSSR count). The molecule has 1 aliphatic carbocycles. The van der Waals surface area contributed by atoms with Gasteiger partial charge in [0.25, 0.3) is 0 Å². The summed E-state index contributed by atoms with van der Waals surface area (Å²) in [5.74, 6) is -0.301. The molecule has 0 radical (unpaired) electrons. The van der Waals surface area contributed by atoms with Gasteiger partial charge in [-0.15, -0.1) is 5.10 Å². The molecule has 0 unspecified atom stereocenters. The van der Waals surface area contributed by atoms with E-state index in [0.717, 1.165) is 25.7 Å². The Morgan fingerprint density at radius 2 is 1.88 bits per heavy atom. The number of fused-ring (bicyclic) bond motifs is 2. The maximum absolute atomic E-state index is 6.40. The van der Waals surface area contributed by atoms with Gasteiger partial charge in [0.05, 0.1) is 12.9 Å². The zero-order valence-corrected chi connectivity index (χ0v) is 18.5. The van der Waals surface area contributed by atoms with Gasteiger partial charge in [0.1, 0.15) is 30.7 Å². The van der Waals surface area contributed by atoms with Crippen molar-refractivity contribution >= 4 is 22.9 Å². The van der Waals surface area contributed by atoms with Crippen molar-refractivity contribution < 1.29 is 18.9 Å². The molecule has 1 saturated carbocycles. The van der Waals surface area contributed by atoms with Crippen LogP contribution in [0.15, 0.2) is 12.7 Å². The van der Waals surface area contributed by atoms with Crippen LogP contribution in [0, 0.1) is 0 Å². The molecule has 5 heterocycles. The molecule has 3 fully saturated rings. The summed E-state index contributed by atoms with van der Waals surface area (Å²) in [7, 11) is 0. The van der Waals surface area contributed by atoms with E-state index in [-0.39, 0.29) is 36.1 Å². The average Bonchev–Trinajstić information content (AvgIpc) is 3.55. The van der Waals surface area contributed by atoms with E-state index in [9.17, 15) is 0 Å². The summed E-state index contributed by atoms with van der Waals surface area (Å²) in [5.41, 5.74) is 12.9. The number of nitrogen functional groups attached to an aromatic ring is 2. The van der Waals surface area contributed by atoms with Crippen molar-refractivity contribution in [3.05, 3.63) is 12.7 Å². The second-order valence-electron chi connectivity index (χ2n) is 9.19. The van der Waals surface area contributed by atoms with Crippen LogP contribution >= 0.6 is 0 Å². The molecule has 0 aromatic carbocycles. The molecule has 33 heavy (non-hydrogen) atoms. The van der Waals surface area contributed by atoms with Gasteiger partial charge in [-0.05, 0) is 39.5 Å². The first kappa shape index (κ1) is 20.6. The first-order chi connectivity index (χ1) is 15.9. The second-order valence-corrected chi connectivity index (χ2v) is 9.19. The van der Waals surface area contributed by atoms with Gasteiger partial charge in [-0.25, -0.2) is 14.6 Å². The first-order valence-electron chi connectivity index (χ1n) is 11.2. The lowest BCUT2D eigenvalue weighted by Crippen LogP contribution is -2.33. The van der Waals surface area contributed by atoms with E-state index < -0.39 is 18.1 Å². The fourth-order valence-corrected chi connectivity index (χ4v) is 4.92. The van der Waals surface area contributed by atoms with Crippen LogP contribution in [0.3, 0.4) is 0 Å². The zero-order valence-electron chi connectivity index (χ0n) is 18.5. The van der Waals surface area contributed by atoms with Gasteiger partial charge in [-0.1, -0.05) is 0 Å². The number of imidazole rings is 1. The molecule has 176 valence electrons. The molecular formula is C20H27N9O4. The molecule has 2 aliphatic heterocycles. The first-order valence-corrected chi connectivity index (χ1v) is 11.2. The van der Waals surface area contributed by atoms with Gasteiger partial charge in [-0.3, -0.25) is 4.57 Å². The molecule has 3 aromatic heterocycles. The molecule has 0 spiro atoms. The van der Waals surface area contributed by atoms with E-state index >= 15 is 0 Å². The lowest BCUT2D eigenvalue weighted by atomic mass is 10.1. The van der Waals surface area contributed by atoms with Crippen LogP contribution in [0.25, 0.3) is 11.2 Å². The van der Waals surface area contributed by atoms with Crippen LogP contribution < -0.4 is 16.2 Å². The molecule has 0 bridgehead atoms. The third-order valence-electron chi connectivity index (χ3n) is 6.32. The number of aromatic nitrogens is 7. The Labute approximate surface area is 189 Å². The Kier molecular flexibility index (Phi) is 4.67. The van der Waals surface area contributed by atoms with Crippen molar-refractivity contribution in [1.82, 2.24) is 34.3 Å². The van der Waals surface area contributed by atoms with Gasteiger partial charge in [0, 0.05) is 0 Å². The van der Waals surface area contributed by atoms with Gasteiger partial charge in [-0.2, -0.15) is 9.97 Å². The summed E-state index contributed by atoms with van der Waals surface area (Å²) >= 11 is 0. The van der Waals surface area contributed by atoms with Crippen LogP contribution in [0.4, 0.5) is 11.8 Å². The largest absolute Gasteiger partial charge is 0.460 e. The highest BCUT2D eigenvalue weighted by molar-refractivity contribution is 5.82. The number of rotatable bonds is 5. The summed E-state index contributed by atoms with van der Waals surface area (Å²) in [6, 6.07) is 0.252. The highest BCUT2D eigenvalue weighted by atomic mass is 16.8. The lowest BCUT2D eigenvalue weighted by Gasteiger charge is -2.24. The SMILES string of the molecule is CC1(C)O[C@@H]2[C@H](O1)[C@@H](Cn1cnc(N)n1)O[C@H]2n1cnc2c(N)nc(OC3CCCC3)nc21. The number of anilines is 2. The van der Waals surface area contributed by atoms with Crippen LogP contribution in [-0.4, -0.2) is 64.5 Å². The molecule has 4 atom stereocenters. The summed E-state index contributed by atoms with van der Waals surface area (Å²) in [6.45, 7) is 4.17. The van der Waals surface area contributed by atoms with E-state index in [0.29, 0.717) is 17.7 Å². The smallest absolute Gasteiger partial charge is 0.320 e. The van der Waals surface area contributed by atoms with Crippen molar-refractivity contribution in [2.45, 2.75) is 82.5 Å². The van der Waals surface area contributed by atoms with E-state index in [4.69, 9.17) is 30.4 Å². The minimum absolute atomic E-state index is 0.109. The minimum atomic E-state index is -0.766. The normalized spacial score (nSPS) is 29.2. The fourth-order valence-electron chi connectivity index (χ4n) is 4.92. The maximum Gasteiger partial charge on any atom is 0.320 e. The van der Waals surface area contributed by atoms with Crippen molar-refractivity contribution in [3.8, 4) is 6.01 Å². The van der Waals surface area contributed by atoms with Crippen molar-refractivity contribution in [1.29, 1.82) is 0 Å². The maximum atomic E-state index is 6.40. The molecule has 3 aromatic rings. The van der Waals surface area contributed by atoms with Gasteiger partial charge in [0.2, 0.25) is 5.95 Å². The van der Waals surface area contributed by atoms with Crippen LogP contribution in [0.2, 0.25) is 0 Å². The Morgan fingerprint density at radius 3 is 2.64 bits per heavy atom. The topological polar surface area (TPSA) is 163 Å². The predicted molar refractivity (Wildman–Crippen MR) is 115 cm³/mol. The van der Waals surface area contributed by atoms with Gasteiger partial charge < -0.3 is 30.4 Å². The quantitative estimate of drug-likeness (QED) is 0.562. The highest BCUT2D eigenvalue weighted by Gasteiger charge is 2.56. The predicted octanol–water partition coefficient (Wildman–Crippen LogP) is 1.02. The highest BCUT2D eigenvalue weighted by Crippen LogP contribution is 2.44. The fraction of sp³-hybridized carbons (Fsp3) is 0.650. The third kappa shape index (κ3) is 3.65. The molecule has 13 nitrogen and oxygen atoms in total. The summed E-state index contributed by atoms with van der Waals surface area (Å²) in [6.07, 6.45) is 5.97. The van der Waals surface area contributed by atoms with Crippen molar-refractivity contribution in [3.63, 3.8) is 0 Å². The van der Waals surface area contributed by atoms with Crippen molar-refractivity contribution in [2.75, 3.05) is 11.5 Å². The molecule has 13 heteroatoms. The number of nitrogens with zero attached hydrogens (tertiary/aromatic N) is 7. The van der Waals surface area contributed by atoms with E-state index in [2.05, 4.69) is 25.0 Å². The van der Waals surface area contributed by atoms with E-state index in [1.807, 2.05) is 18.4 Å². The van der Waals surface area contributed by atoms with Crippen LogP contribution in [-0.2, 0) is 20.8 Å². The molecule has 0 amide bonds. The number of hydrogen-bond acceptors (Lipinski definition) is 11. The Balaban J connectivity index is 1.34. The van der Waals surface area contributed by atoms with Gasteiger partial charge >= 0.3 is 6.01 Å². The standard InChI is InChI=1S/C20H27N9O4/c1-20(2)32-13-11(7-28-8-24-18(22)27-28)31-17(14(13)33-20)29-9-23-12-15(21)25-19(26-16(12)29)30-10-5-3-4-6-10/h8-11,13-14,17H,3-7H2,1-2H3,(H2,22,27)(H2,21,25,26)/t11-,13-,14-,17-/m1/s1. The van der Waals surface area contributed by atoms with Crippen LogP contribution in [0.5, 0.6) is 6.01 Å². The summed E-state index contributed by atoms with van der Waals surface area (Å²) in [4.78, 5) is 17.4. The number of ether oxygens (including phenoxy) is 4. The molecule has 2 saturated heterocycles. The average molecular weight is 457 g/mol. The summed E-state index contributed by atoms with van der Waals surface area (Å²) in [5, 5.41) is 4.17. The lowest BCUT2D eigenvalue weighted by molar-refractivity contribution is -0.197. The third-order valence-corrected chi connectivity index (χ3v) is 6.32. The van der Waals surface area contributed by atoms with E-state index in [1.54, 1.807) is 17.3 Å².